The third-order valence-corrected chi connectivity index (χ3v) is 6.45. The number of para-hydroxylation sites is 1. The molecule has 0 saturated heterocycles. The molecule has 4 rings (SSSR count). The zero-order valence-electron chi connectivity index (χ0n) is 18.3. The van der Waals surface area contributed by atoms with Gasteiger partial charge in [0.2, 0.25) is 5.91 Å². The second kappa shape index (κ2) is 9.70. The first-order valence-electron chi connectivity index (χ1n) is 10.5. The van der Waals surface area contributed by atoms with Gasteiger partial charge in [0.05, 0.1) is 24.4 Å². The molecule has 7 nitrogen and oxygen atoms in total. The molecular formula is C23H26FN5O2S. The van der Waals surface area contributed by atoms with Gasteiger partial charge in [-0.15, -0.1) is 10.2 Å². The van der Waals surface area contributed by atoms with Crippen molar-refractivity contribution < 1.29 is 13.9 Å². The van der Waals surface area contributed by atoms with Crippen LogP contribution < -0.4 is 10.1 Å². The number of ether oxygens (including phenoxy) is 1. The van der Waals surface area contributed by atoms with Crippen molar-refractivity contribution in [3.63, 3.8) is 0 Å². The van der Waals surface area contributed by atoms with Crippen molar-refractivity contribution in [3.8, 4) is 11.4 Å². The van der Waals surface area contributed by atoms with Gasteiger partial charge in [-0.2, -0.15) is 0 Å². The number of halogens is 1. The zero-order chi connectivity index (χ0) is 22.7. The predicted molar refractivity (Wildman–Crippen MR) is 122 cm³/mol. The summed E-state index contributed by atoms with van der Waals surface area (Å²) in [4.78, 5) is 14.8. The first-order valence-corrected chi connectivity index (χ1v) is 11.4. The highest BCUT2D eigenvalue weighted by atomic mass is 32.2. The van der Waals surface area contributed by atoms with E-state index in [4.69, 9.17) is 4.74 Å². The van der Waals surface area contributed by atoms with E-state index in [9.17, 15) is 9.18 Å². The molecule has 0 fully saturated rings. The van der Waals surface area contributed by atoms with Crippen LogP contribution in [0.5, 0.6) is 5.75 Å². The first kappa shape index (κ1) is 22.3. The summed E-state index contributed by atoms with van der Waals surface area (Å²) >= 11 is 1.31. The van der Waals surface area contributed by atoms with Crippen LogP contribution in [-0.2, 0) is 4.79 Å². The first-order chi connectivity index (χ1) is 15.4. The normalized spacial score (nSPS) is 16.3. The van der Waals surface area contributed by atoms with E-state index in [2.05, 4.69) is 15.5 Å². The van der Waals surface area contributed by atoms with Crippen LogP contribution in [0.4, 0.5) is 4.39 Å². The number of benzene rings is 2. The fraction of sp³-hybridized carbons (Fsp3) is 0.348. The number of hydrogen-bond acceptors (Lipinski definition) is 6. The summed E-state index contributed by atoms with van der Waals surface area (Å²) in [5.41, 5.74) is 1.75. The second-order valence-corrected chi connectivity index (χ2v) is 8.82. The van der Waals surface area contributed by atoms with Gasteiger partial charge >= 0.3 is 0 Å². The number of carbonyl (C=O) groups is 1. The number of hydrogen-bond donors (Lipinski definition) is 1. The monoisotopic (exact) mass is 455 g/mol. The molecule has 2 atom stereocenters. The average molecular weight is 456 g/mol. The van der Waals surface area contributed by atoms with E-state index < -0.39 is 0 Å². The summed E-state index contributed by atoms with van der Waals surface area (Å²) in [6.07, 6.45) is 0.726. The molecule has 168 valence electrons. The molecule has 1 aliphatic rings. The molecule has 9 heteroatoms. The predicted octanol–water partition coefficient (Wildman–Crippen LogP) is 3.76. The second-order valence-electron chi connectivity index (χ2n) is 7.88. The molecule has 1 N–H and O–H groups in total. The van der Waals surface area contributed by atoms with Crippen molar-refractivity contribution in [2.75, 3.05) is 26.5 Å². The molecular weight excluding hydrogens is 429 g/mol. The Hall–Kier alpha value is -2.91. The van der Waals surface area contributed by atoms with Crippen LogP contribution in [-0.4, -0.2) is 52.0 Å². The van der Waals surface area contributed by atoms with E-state index in [1.165, 1.54) is 23.9 Å². The maximum Gasteiger partial charge on any atom is 0.230 e. The maximum atomic E-state index is 13.5. The van der Waals surface area contributed by atoms with E-state index in [0.717, 1.165) is 29.2 Å². The van der Waals surface area contributed by atoms with Gasteiger partial charge in [-0.3, -0.25) is 14.3 Å². The minimum absolute atomic E-state index is 0.0190. The molecule has 0 bridgehead atoms. The number of nitrogens with zero attached hydrogens (tertiary/aromatic N) is 4. The molecule has 1 aromatic heterocycles. The fourth-order valence-corrected chi connectivity index (χ4v) is 4.34. The number of aromatic nitrogens is 3. The Morgan fingerprint density at radius 3 is 2.75 bits per heavy atom. The van der Waals surface area contributed by atoms with Crippen molar-refractivity contribution in [3.05, 3.63) is 65.7 Å². The highest BCUT2D eigenvalue weighted by Crippen LogP contribution is 2.32. The van der Waals surface area contributed by atoms with E-state index in [1.807, 2.05) is 54.8 Å². The fourth-order valence-electron chi connectivity index (χ4n) is 3.57. The van der Waals surface area contributed by atoms with Crippen LogP contribution in [0, 0.1) is 5.82 Å². The molecule has 0 saturated carbocycles. The molecule has 2 heterocycles. The van der Waals surface area contributed by atoms with Crippen molar-refractivity contribution in [2.24, 2.45) is 0 Å². The molecule has 0 radical (unpaired) electrons. The molecule has 2 aromatic carbocycles. The zero-order valence-corrected chi connectivity index (χ0v) is 19.1. The van der Waals surface area contributed by atoms with Crippen LogP contribution in [0.25, 0.3) is 5.69 Å². The van der Waals surface area contributed by atoms with Crippen LogP contribution in [0.15, 0.2) is 53.7 Å². The van der Waals surface area contributed by atoms with Gasteiger partial charge in [0.25, 0.3) is 0 Å². The smallest absolute Gasteiger partial charge is 0.230 e. The van der Waals surface area contributed by atoms with E-state index in [0.29, 0.717) is 11.8 Å². The van der Waals surface area contributed by atoms with Gasteiger partial charge in [0.1, 0.15) is 11.6 Å². The average Bonchev–Trinajstić information content (AvgIpc) is 3.21. The Morgan fingerprint density at radius 1 is 1.25 bits per heavy atom. The number of nitrogens with one attached hydrogen (secondary N) is 1. The number of thioether (sulfide) groups is 1. The third-order valence-electron chi connectivity index (χ3n) is 5.52. The van der Waals surface area contributed by atoms with E-state index >= 15 is 0 Å². The lowest BCUT2D eigenvalue weighted by atomic mass is 10.0. The summed E-state index contributed by atoms with van der Waals surface area (Å²) in [5.74, 6) is 1.33. The molecule has 0 unspecified atom stereocenters. The minimum Gasteiger partial charge on any atom is -0.493 e. The van der Waals surface area contributed by atoms with Gasteiger partial charge in [-0.05, 0) is 51.4 Å². The standard InChI is InChI=1S/C23H26FN5O2S/c1-15(28(2)3)22-26-27-23(29(22)17-10-8-16(24)9-11-17)32-14-21(30)25-19-12-13-31-20-7-5-4-6-18(19)20/h4-11,15,19H,12-14H2,1-3H3,(H,25,30)/t15-,19+/m0/s1. The third kappa shape index (κ3) is 4.78. The van der Waals surface area contributed by atoms with Gasteiger partial charge in [0, 0.05) is 17.7 Å². The lowest BCUT2D eigenvalue weighted by Crippen LogP contribution is -2.33. The minimum atomic E-state index is -0.311. The highest BCUT2D eigenvalue weighted by Gasteiger charge is 2.24. The Balaban J connectivity index is 1.51. The maximum absolute atomic E-state index is 13.5. The number of amides is 1. The van der Waals surface area contributed by atoms with Crippen LogP contribution in [0.2, 0.25) is 0 Å². The van der Waals surface area contributed by atoms with Crippen LogP contribution in [0.3, 0.4) is 0 Å². The molecule has 1 aliphatic heterocycles. The van der Waals surface area contributed by atoms with Gasteiger partial charge in [-0.25, -0.2) is 4.39 Å². The molecule has 32 heavy (non-hydrogen) atoms. The Morgan fingerprint density at radius 2 is 2.00 bits per heavy atom. The summed E-state index contributed by atoms with van der Waals surface area (Å²) < 4.78 is 21.0. The van der Waals surface area contributed by atoms with Crippen LogP contribution >= 0.6 is 11.8 Å². The lowest BCUT2D eigenvalue weighted by Gasteiger charge is -2.26. The van der Waals surface area contributed by atoms with Crippen molar-refractivity contribution >= 4 is 17.7 Å². The molecule has 3 aromatic rings. The van der Waals surface area contributed by atoms with Gasteiger partial charge in [0.15, 0.2) is 11.0 Å². The molecule has 0 spiro atoms. The summed E-state index contributed by atoms with van der Waals surface area (Å²) in [6.45, 7) is 2.59. The summed E-state index contributed by atoms with van der Waals surface area (Å²) in [7, 11) is 3.92. The number of fused-ring (bicyclic) bond motifs is 1. The van der Waals surface area contributed by atoms with E-state index in [1.54, 1.807) is 12.1 Å². The Bertz CT molecular complexity index is 1090. The topological polar surface area (TPSA) is 72.3 Å². The van der Waals surface area contributed by atoms with Crippen molar-refractivity contribution in [2.45, 2.75) is 30.6 Å². The highest BCUT2D eigenvalue weighted by molar-refractivity contribution is 7.99. The lowest BCUT2D eigenvalue weighted by molar-refractivity contribution is -0.119. The quantitative estimate of drug-likeness (QED) is 0.547. The van der Waals surface area contributed by atoms with Crippen molar-refractivity contribution in [1.82, 2.24) is 25.0 Å². The molecule has 0 aliphatic carbocycles. The summed E-state index contributed by atoms with van der Waals surface area (Å²) in [6, 6.07) is 13.9. The summed E-state index contributed by atoms with van der Waals surface area (Å²) in [5, 5.41) is 12.4. The van der Waals surface area contributed by atoms with Crippen molar-refractivity contribution in [1.29, 1.82) is 0 Å². The molecule has 1 amide bonds. The largest absolute Gasteiger partial charge is 0.493 e. The van der Waals surface area contributed by atoms with Gasteiger partial charge < -0.3 is 10.1 Å². The van der Waals surface area contributed by atoms with Gasteiger partial charge in [-0.1, -0.05) is 30.0 Å². The Labute approximate surface area is 191 Å². The number of carbonyl (C=O) groups excluding carboxylic acids is 1. The van der Waals surface area contributed by atoms with E-state index in [-0.39, 0.29) is 29.6 Å². The van der Waals surface area contributed by atoms with Crippen LogP contribution in [0.1, 0.15) is 36.8 Å². The number of rotatable bonds is 7. The SMILES string of the molecule is C[C@@H](c1nnc(SCC(=O)N[C@@H]2CCOc3ccccc32)n1-c1ccc(F)cc1)N(C)C. The Kier molecular flexibility index (Phi) is 6.76.